The van der Waals surface area contributed by atoms with Crippen LogP contribution in [-0.2, 0) is 11.4 Å². The molecule has 1 amide bonds. The molecule has 35 heavy (non-hydrogen) atoms. The second-order valence-electron chi connectivity index (χ2n) is 8.05. The predicted octanol–water partition coefficient (Wildman–Crippen LogP) is 4.69. The Morgan fingerprint density at radius 2 is 1.74 bits per heavy atom. The quantitative estimate of drug-likeness (QED) is 0.446. The van der Waals surface area contributed by atoms with E-state index in [-0.39, 0.29) is 30.9 Å². The van der Waals surface area contributed by atoms with Crippen LogP contribution in [0.25, 0.3) is 0 Å². The average molecular weight is 479 g/mol. The van der Waals surface area contributed by atoms with Crippen LogP contribution < -0.4 is 14.2 Å². The number of nitrogens with zero attached hydrogens (tertiary/aromatic N) is 2. The van der Waals surface area contributed by atoms with Gasteiger partial charge in [0, 0.05) is 24.6 Å². The summed E-state index contributed by atoms with van der Waals surface area (Å²) < 4.78 is 29.6. The molecule has 8 heteroatoms. The number of para-hydroxylation sites is 1. The minimum absolute atomic E-state index is 0.247. The summed E-state index contributed by atoms with van der Waals surface area (Å²) in [6, 6.07) is 18.7. The summed E-state index contributed by atoms with van der Waals surface area (Å²) in [4.78, 5) is 21.0. The first-order chi connectivity index (χ1) is 17.0. The topological polar surface area (TPSA) is 69.6 Å². The molecule has 3 aromatic carbocycles. The molecule has 0 saturated carbocycles. The third kappa shape index (κ3) is 5.54. The number of methoxy groups -OCH3 is 3. The number of oxime groups is 1. The summed E-state index contributed by atoms with van der Waals surface area (Å²) in [5.41, 5.74) is 2.78. The molecule has 0 unspecified atom stereocenters. The minimum Gasteiger partial charge on any atom is -0.497 e. The number of hydrogen-bond donors (Lipinski definition) is 0. The van der Waals surface area contributed by atoms with Crippen molar-refractivity contribution >= 4 is 11.6 Å². The zero-order valence-electron chi connectivity index (χ0n) is 19.9. The van der Waals surface area contributed by atoms with Crippen LogP contribution in [0, 0.1) is 5.82 Å². The number of carbonyl (C=O) groups excluding carboxylic acids is 1. The Labute approximate surface area is 203 Å². The molecule has 1 aliphatic heterocycles. The fraction of sp³-hybridized carbons (Fsp3) is 0.259. The highest BCUT2D eigenvalue weighted by atomic mass is 19.1. The number of rotatable bonds is 9. The van der Waals surface area contributed by atoms with Gasteiger partial charge in [0.1, 0.15) is 23.1 Å². The maximum atomic E-state index is 13.7. The monoisotopic (exact) mass is 478 g/mol. The fourth-order valence-corrected chi connectivity index (χ4v) is 3.99. The van der Waals surface area contributed by atoms with Gasteiger partial charge in [-0.15, -0.1) is 0 Å². The smallest absolute Gasteiger partial charge is 0.258 e. The molecular formula is C27H27FN2O5. The maximum absolute atomic E-state index is 13.7. The van der Waals surface area contributed by atoms with E-state index in [9.17, 15) is 9.18 Å². The van der Waals surface area contributed by atoms with Gasteiger partial charge in [-0.2, -0.15) is 0 Å². The summed E-state index contributed by atoms with van der Waals surface area (Å²) in [6.45, 7) is 0.533. The number of hydrogen-bond acceptors (Lipinski definition) is 6. The number of benzene rings is 3. The molecule has 4 rings (SSSR count). The van der Waals surface area contributed by atoms with Crippen LogP contribution in [0.2, 0.25) is 0 Å². The summed E-state index contributed by atoms with van der Waals surface area (Å²) in [5, 5.41) is 4.26. The van der Waals surface area contributed by atoms with Crippen molar-refractivity contribution in [3.8, 4) is 17.2 Å². The molecule has 7 nitrogen and oxygen atoms in total. The Hall–Kier alpha value is -4.07. The van der Waals surface area contributed by atoms with Crippen molar-refractivity contribution in [2.75, 3.05) is 27.9 Å². The Kier molecular flexibility index (Phi) is 7.50. The van der Waals surface area contributed by atoms with Crippen LogP contribution >= 0.6 is 0 Å². The van der Waals surface area contributed by atoms with E-state index < -0.39 is 0 Å². The van der Waals surface area contributed by atoms with Gasteiger partial charge in [0.25, 0.3) is 5.91 Å². The van der Waals surface area contributed by atoms with E-state index in [2.05, 4.69) is 5.16 Å². The first kappa shape index (κ1) is 24.1. The molecule has 182 valence electrons. The van der Waals surface area contributed by atoms with E-state index in [0.29, 0.717) is 29.2 Å². The SMILES string of the molecule is COc1ccc(C(=O)N(Cc2ccc(F)cc2)C[C@@H]2CC(c3ccccc3OC)=NO2)c(OC)c1. The Morgan fingerprint density at radius 1 is 1.00 bits per heavy atom. The third-order valence-corrected chi connectivity index (χ3v) is 5.79. The largest absolute Gasteiger partial charge is 0.497 e. The third-order valence-electron chi connectivity index (χ3n) is 5.79. The van der Waals surface area contributed by atoms with Crippen molar-refractivity contribution in [1.29, 1.82) is 0 Å². The lowest BCUT2D eigenvalue weighted by molar-refractivity contribution is 0.0403. The summed E-state index contributed by atoms with van der Waals surface area (Å²) in [7, 11) is 4.66. The molecule has 0 bridgehead atoms. The minimum atomic E-state index is -0.358. The molecule has 1 aliphatic rings. The van der Waals surface area contributed by atoms with Crippen LogP contribution in [0.5, 0.6) is 17.2 Å². The highest BCUT2D eigenvalue weighted by Gasteiger charge is 2.29. The van der Waals surface area contributed by atoms with E-state index in [1.54, 1.807) is 49.5 Å². The molecule has 0 saturated heterocycles. The Balaban J connectivity index is 1.57. The number of amides is 1. The molecule has 3 aromatic rings. The molecule has 0 radical (unpaired) electrons. The van der Waals surface area contributed by atoms with Gasteiger partial charge in [-0.1, -0.05) is 29.4 Å². The molecule has 0 fully saturated rings. The van der Waals surface area contributed by atoms with Gasteiger partial charge in [0.15, 0.2) is 6.10 Å². The van der Waals surface area contributed by atoms with Crippen LogP contribution in [0.3, 0.4) is 0 Å². The summed E-state index contributed by atoms with van der Waals surface area (Å²) >= 11 is 0. The number of carbonyl (C=O) groups is 1. The van der Waals surface area contributed by atoms with Crippen LogP contribution in [0.1, 0.15) is 27.9 Å². The van der Waals surface area contributed by atoms with Crippen molar-refractivity contribution in [1.82, 2.24) is 4.90 Å². The lowest BCUT2D eigenvalue weighted by Crippen LogP contribution is -2.37. The first-order valence-corrected chi connectivity index (χ1v) is 11.1. The second-order valence-corrected chi connectivity index (χ2v) is 8.05. The lowest BCUT2D eigenvalue weighted by Gasteiger charge is -2.26. The zero-order chi connectivity index (χ0) is 24.8. The van der Waals surface area contributed by atoms with Crippen molar-refractivity contribution in [2.45, 2.75) is 19.1 Å². The highest BCUT2D eigenvalue weighted by Crippen LogP contribution is 2.28. The van der Waals surface area contributed by atoms with Crippen LogP contribution in [0.15, 0.2) is 71.9 Å². The molecule has 1 atom stereocenters. The van der Waals surface area contributed by atoms with Gasteiger partial charge in [0.2, 0.25) is 0 Å². The van der Waals surface area contributed by atoms with Crippen LogP contribution in [-0.4, -0.2) is 50.5 Å². The molecule has 0 aliphatic carbocycles. The first-order valence-electron chi connectivity index (χ1n) is 11.1. The predicted molar refractivity (Wildman–Crippen MR) is 130 cm³/mol. The number of ether oxygens (including phenoxy) is 3. The van der Waals surface area contributed by atoms with Crippen molar-refractivity contribution in [3.63, 3.8) is 0 Å². The van der Waals surface area contributed by atoms with Gasteiger partial charge in [-0.25, -0.2) is 4.39 Å². The van der Waals surface area contributed by atoms with E-state index in [1.807, 2.05) is 24.3 Å². The van der Waals surface area contributed by atoms with Crippen molar-refractivity contribution in [2.24, 2.45) is 5.16 Å². The van der Waals surface area contributed by atoms with Gasteiger partial charge in [-0.05, 0) is 42.0 Å². The summed E-state index contributed by atoms with van der Waals surface area (Å²) in [5.74, 6) is 1.10. The van der Waals surface area contributed by atoms with Gasteiger partial charge >= 0.3 is 0 Å². The normalized spacial score (nSPS) is 14.6. The Morgan fingerprint density at radius 3 is 2.46 bits per heavy atom. The molecule has 1 heterocycles. The van der Waals surface area contributed by atoms with E-state index >= 15 is 0 Å². The molecule has 0 spiro atoms. The van der Waals surface area contributed by atoms with Crippen molar-refractivity contribution in [3.05, 3.63) is 89.2 Å². The van der Waals surface area contributed by atoms with E-state index in [1.165, 1.54) is 19.2 Å². The number of halogens is 1. The highest BCUT2D eigenvalue weighted by molar-refractivity contribution is 6.03. The molecule has 0 aromatic heterocycles. The van der Waals surface area contributed by atoms with E-state index in [4.69, 9.17) is 19.0 Å². The van der Waals surface area contributed by atoms with Gasteiger partial charge < -0.3 is 23.9 Å². The lowest BCUT2D eigenvalue weighted by atomic mass is 10.0. The molecular weight excluding hydrogens is 451 g/mol. The van der Waals surface area contributed by atoms with Gasteiger partial charge in [0.05, 0.1) is 39.1 Å². The van der Waals surface area contributed by atoms with Crippen molar-refractivity contribution < 1.29 is 28.2 Å². The average Bonchev–Trinajstić information content (AvgIpc) is 3.37. The van der Waals surface area contributed by atoms with Crippen LogP contribution in [0.4, 0.5) is 4.39 Å². The maximum Gasteiger partial charge on any atom is 0.258 e. The standard InChI is InChI=1S/C27H27FN2O5/c1-32-20-12-13-23(26(15-20)34-3)27(31)30(16-18-8-10-19(28)11-9-18)17-21-14-24(29-35-21)22-6-4-5-7-25(22)33-2/h4-13,15,21H,14,16-17H2,1-3H3/t21-/m0/s1. The second kappa shape index (κ2) is 10.9. The van der Waals surface area contributed by atoms with E-state index in [0.717, 1.165) is 16.8 Å². The zero-order valence-corrected chi connectivity index (χ0v) is 19.9. The molecule has 0 N–H and O–H groups in total. The van der Waals surface area contributed by atoms with Gasteiger partial charge in [-0.3, -0.25) is 4.79 Å². The fourth-order valence-electron chi connectivity index (χ4n) is 3.99. The summed E-state index contributed by atoms with van der Waals surface area (Å²) in [6.07, 6.45) is 0.149. The Bertz CT molecular complexity index is 1210.